The highest BCUT2D eigenvalue weighted by Gasteiger charge is 2.18. The monoisotopic (exact) mass is 285 g/mol. The second-order valence-electron chi connectivity index (χ2n) is 6.84. The van der Waals surface area contributed by atoms with Crippen molar-refractivity contribution in [2.45, 2.75) is 78.3 Å². The SMILES string of the molecule is CCCCCCC(=C=N[Si](C)(C)C)O[Si](C)(C)C. The molecule has 0 aliphatic rings. The third-order valence-corrected chi connectivity index (χ3v) is 3.84. The molecule has 0 amide bonds. The molecular formula is C14H31NOSi2. The van der Waals surface area contributed by atoms with Crippen LogP contribution >= 0.6 is 0 Å². The Labute approximate surface area is 116 Å². The van der Waals surface area contributed by atoms with Gasteiger partial charge in [0.1, 0.15) is 5.76 Å². The molecule has 0 aromatic carbocycles. The average molecular weight is 286 g/mol. The second kappa shape index (κ2) is 7.98. The lowest BCUT2D eigenvalue weighted by molar-refractivity contribution is 0.400. The third-order valence-electron chi connectivity index (χ3n) is 2.20. The Kier molecular flexibility index (Phi) is 7.84. The highest BCUT2D eigenvalue weighted by atomic mass is 28.4. The lowest BCUT2D eigenvalue weighted by Crippen LogP contribution is -2.25. The van der Waals surface area contributed by atoms with Crippen molar-refractivity contribution < 1.29 is 4.43 Å². The molecule has 0 aromatic heterocycles. The predicted octanol–water partition coefficient (Wildman–Crippen LogP) is 5.20. The Morgan fingerprint density at radius 2 is 1.61 bits per heavy atom. The summed E-state index contributed by atoms with van der Waals surface area (Å²) in [4.78, 5) is 0. The van der Waals surface area contributed by atoms with Crippen LogP contribution in [0.1, 0.15) is 39.0 Å². The Morgan fingerprint density at radius 1 is 1.00 bits per heavy atom. The molecule has 4 heteroatoms. The summed E-state index contributed by atoms with van der Waals surface area (Å²) in [5.41, 5.74) is 0. The van der Waals surface area contributed by atoms with Crippen LogP contribution in [0.4, 0.5) is 0 Å². The first-order valence-electron chi connectivity index (χ1n) is 7.17. The van der Waals surface area contributed by atoms with Crippen molar-refractivity contribution in [3.8, 4) is 0 Å². The molecular weight excluding hydrogens is 254 g/mol. The molecule has 2 nitrogen and oxygen atoms in total. The molecule has 0 aliphatic heterocycles. The number of nitrogens with zero attached hydrogens (tertiary/aromatic N) is 1. The van der Waals surface area contributed by atoms with Crippen molar-refractivity contribution in [3.05, 3.63) is 5.76 Å². The molecule has 0 spiro atoms. The van der Waals surface area contributed by atoms with Crippen LogP contribution in [0.3, 0.4) is 0 Å². The maximum Gasteiger partial charge on any atom is 0.242 e. The van der Waals surface area contributed by atoms with E-state index in [0.717, 1.165) is 12.2 Å². The van der Waals surface area contributed by atoms with Gasteiger partial charge in [0, 0.05) is 12.3 Å². The van der Waals surface area contributed by atoms with E-state index < -0.39 is 16.6 Å². The van der Waals surface area contributed by atoms with E-state index in [2.05, 4.69) is 56.7 Å². The predicted molar refractivity (Wildman–Crippen MR) is 87.5 cm³/mol. The van der Waals surface area contributed by atoms with Gasteiger partial charge in [-0.15, -0.1) is 0 Å². The van der Waals surface area contributed by atoms with Gasteiger partial charge in [-0.2, -0.15) is 0 Å². The number of hydrogen-bond donors (Lipinski definition) is 0. The lowest BCUT2D eigenvalue weighted by atomic mass is 10.1. The summed E-state index contributed by atoms with van der Waals surface area (Å²) < 4.78 is 10.7. The topological polar surface area (TPSA) is 21.6 Å². The minimum absolute atomic E-state index is 0.993. The lowest BCUT2D eigenvalue weighted by Gasteiger charge is -2.20. The van der Waals surface area contributed by atoms with Crippen molar-refractivity contribution in [2.75, 3.05) is 0 Å². The van der Waals surface area contributed by atoms with E-state index in [1.165, 1.54) is 25.7 Å². The fourth-order valence-corrected chi connectivity index (χ4v) is 2.79. The van der Waals surface area contributed by atoms with Crippen LogP contribution < -0.4 is 0 Å². The summed E-state index contributed by atoms with van der Waals surface area (Å²) in [6.45, 7) is 15.6. The van der Waals surface area contributed by atoms with Gasteiger partial charge in [0.05, 0.1) is 0 Å². The van der Waals surface area contributed by atoms with E-state index >= 15 is 0 Å². The highest BCUT2D eigenvalue weighted by molar-refractivity contribution is 6.75. The molecule has 0 saturated heterocycles. The molecule has 0 N–H and O–H groups in total. The van der Waals surface area contributed by atoms with Gasteiger partial charge in [-0.25, -0.2) is 0 Å². The van der Waals surface area contributed by atoms with Gasteiger partial charge in [-0.1, -0.05) is 26.2 Å². The van der Waals surface area contributed by atoms with Crippen LogP contribution in [0.5, 0.6) is 0 Å². The molecule has 18 heavy (non-hydrogen) atoms. The molecule has 0 aliphatic carbocycles. The van der Waals surface area contributed by atoms with Crippen LogP contribution in [-0.4, -0.2) is 22.4 Å². The van der Waals surface area contributed by atoms with Gasteiger partial charge in [0.2, 0.25) is 8.32 Å². The van der Waals surface area contributed by atoms with Crippen molar-refractivity contribution >= 4 is 22.4 Å². The Bertz CT molecular complexity index is 294. The summed E-state index contributed by atoms with van der Waals surface area (Å²) >= 11 is 0. The zero-order chi connectivity index (χ0) is 14.2. The average Bonchev–Trinajstić information content (AvgIpc) is 2.17. The summed E-state index contributed by atoms with van der Waals surface area (Å²) in [5.74, 6) is 4.20. The van der Waals surface area contributed by atoms with Gasteiger partial charge >= 0.3 is 0 Å². The second-order valence-corrected chi connectivity index (χ2v) is 15.8. The molecule has 0 atom stereocenters. The van der Waals surface area contributed by atoms with Crippen LogP contribution in [0.2, 0.25) is 39.3 Å². The first kappa shape index (κ1) is 17.7. The van der Waals surface area contributed by atoms with Crippen molar-refractivity contribution in [2.24, 2.45) is 4.66 Å². The molecule has 0 radical (unpaired) electrons. The van der Waals surface area contributed by atoms with Crippen LogP contribution in [0.15, 0.2) is 10.4 Å². The zero-order valence-corrected chi connectivity index (χ0v) is 15.4. The maximum absolute atomic E-state index is 6.09. The Balaban J connectivity index is 4.58. The third kappa shape index (κ3) is 12.1. The first-order chi connectivity index (χ1) is 8.14. The van der Waals surface area contributed by atoms with E-state index in [9.17, 15) is 0 Å². The quantitative estimate of drug-likeness (QED) is 0.260. The minimum Gasteiger partial charge on any atom is -0.541 e. The largest absolute Gasteiger partial charge is 0.541 e. The molecule has 0 unspecified atom stereocenters. The Morgan fingerprint density at radius 3 is 2.06 bits per heavy atom. The molecule has 0 bridgehead atoms. The molecule has 0 aromatic rings. The van der Waals surface area contributed by atoms with Gasteiger partial charge in [0.15, 0.2) is 8.24 Å². The summed E-state index contributed by atoms with van der Waals surface area (Å²) in [6.07, 6.45) is 6.06. The maximum atomic E-state index is 6.09. The summed E-state index contributed by atoms with van der Waals surface area (Å²) in [7, 11) is -2.95. The highest BCUT2D eigenvalue weighted by Crippen LogP contribution is 2.15. The fraction of sp³-hybridized carbons (Fsp3) is 0.857. The molecule has 106 valence electrons. The van der Waals surface area contributed by atoms with Crippen molar-refractivity contribution in [1.82, 2.24) is 0 Å². The van der Waals surface area contributed by atoms with E-state index in [1.54, 1.807) is 0 Å². The van der Waals surface area contributed by atoms with Crippen molar-refractivity contribution in [3.63, 3.8) is 0 Å². The number of allylic oxidation sites excluding steroid dienone is 1. The zero-order valence-electron chi connectivity index (χ0n) is 13.4. The molecule has 0 saturated carbocycles. The van der Waals surface area contributed by atoms with Gasteiger partial charge in [-0.05, 0) is 45.7 Å². The van der Waals surface area contributed by atoms with Gasteiger partial charge < -0.3 is 4.43 Å². The standard InChI is InChI=1S/C14H31NOSi2/c1-8-9-10-11-12-14(16-18(5,6)7)13-15-17(2,3)4/h8-12H2,1-7H3. The van der Waals surface area contributed by atoms with E-state index in [1.807, 2.05) is 0 Å². The van der Waals surface area contributed by atoms with E-state index in [0.29, 0.717) is 0 Å². The van der Waals surface area contributed by atoms with Gasteiger partial charge in [-0.3, -0.25) is 4.66 Å². The Hall–Kier alpha value is -0.316. The normalized spacial score (nSPS) is 11.9. The molecule has 0 fully saturated rings. The number of unbranched alkanes of at least 4 members (excludes halogenated alkanes) is 3. The number of rotatable bonds is 8. The smallest absolute Gasteiger partial charge is 0.242 e. The fourth-order valence-electron chi connectivity index (χ4n) is 1.44. The minimum atomic E-state index is -1.53. The van der Waals surface area contributed by atoms with E-state index in [4.69, 9.17) is 4.43 Å². The first-order valence-corrected chi connectivity index (χ1v) is 14.0. The molecule has 0 rings (SSSR count). The van der Waals surface area contributed by atoms with Crippen LogP contribution in [0.25, 0.3) is 0 Å². The van der Waals surface area contributed by atoms with E-state index in [-0.39, 0.29) is 0 Å². The van der Waals surface area contributed by atoms with Crippen molar-refractivity contribution in [1.29, 1.82) is 0 Å². The number of hydrogen-bond acceptors (Lipinski definition) is 2. The van der Waals surface area contributed by atoms with Crippen LogP contribution in [-0.2, 0) is 4.43 Å². The summed E-state index contributed by atoms with van der Waals surface area (Å²) in [5, 5.41) is 0. The van der Waals surface area contributed by atoms with Gasteiger partial charge in [0.25, 0.3) is 0 Å². The molecule has 0 heterocycles. The summed E-state index contributed by atoms with van der Waals surface area (Å²) in [6, 6.07) is 0. The van der Waals surface area contributed by atoms with Crippen LogP contribution in [0, 0.1) is 0 Å².